The molecule has 92 valence electrons. The first-order chi connectivity index (χ1) is 7.70. The van der Waals surface area contributed by atoms with Gasteiger partial charge in [0.15, 0.2) is 0 Å². The molecular formula is C12H22N2O2. The molecule has 0 aromatic rings. The number of hydrogen-bond acceptors (Lipinski definition) is 3. The third kappa shape index (κ3) is 2.55. The summed E-state index contributed by atoms with van der Waals surface area (Å²) in [6.45, 7) is 3.91. The van der Waals surface area contributed by atoms with E-state index in [1.54, 1.807) is 0 Å². The van der Waals surface area contributed by atoms with Gasteiger partial charge < -0.3 is 10.4 Å². The van der Waals surface area contributed by atoms with Crippen molar-refractivity contribution in [1.82, 2.24) is 10.2 Å². The fraction of sp³-hybridized carbons (Fsp3) is 0.917. The number of carbonyl (C=O) groups excluding carboxylic acids is 1. The number of likely N-dealkylation sites (tertiary alicyclic amines) is 1. The Kier molecular flexibility index (Phi) is 3.82. The van der Waals surface area contributed by atoms with Crippen LogP contribution >= 0.6 is 0 Å². The first-order valence-corrected chi connectivity index (χ1v) is 6.36. The molecular weight excluding hydrogens is 204 g/mol. The van der Waals surface area contributed by atoms with Crippen LogP contribution in [0.25, 0.3) is 0 Å². The Balaban J connectivity index is 1.72. The lowest BCUT2D eigenvalue weighted by molar-refractivity contribution is -0.129. The lowest BCUT2D eigenvalue weighted by atomic mass is 9.98. The van der Waals surface area contributed by atoms with E-state index in [0.717, 1.165) is 25.9 Å². The highest BCUT2D eigenvalue weighted by molar-refractivity contribution is 5.81. The fourth-order valence-electron chi connectivity index (χ4n) is 2.60. The highest BCUT2D eigenvalue weighted by Gasteiger charge is 2.33. The van der Waals surface area contributed by atoms with Crippen molar-refractivity contribution in [2.75, 3.05) is 19.7 Å². The van der Waals surface area contributed by atoms with Gasteiger partial charge in [0.1, 0.15) is 0 Å². The van der Waals surface area contributed by atoms with Crippen LogP contribution in [0.3, 0.4) is 0 Å². The third-order valence-corrected chi connectivity index (χ3v) is 3.87. The van der Waals surface area contributed by atoms with E-state index in [1.165, 1.54) is 12.8 Å². The van der Waals surface area contributed by atoms with Gasteiger partial charge in [0, 0.05) is 31.7 Å². The Morgan fingerprint density at radius 3 is 2.62 bits per heavy atom. The number of nitrogens with zero attached hydrogens (tertiary/aromatic N) is 1. The van der Waals surface area contributed by atoms with Crippen molar-refractivity contribution in [3.8, 4) is 0 Å². The maximum atomic E-state index is 11.9. The summed E-state index contributed by atoms with van der Waals surface area (Å²) >= 11 is 0. The van der Waals surface area contributed by atoms with Crippen molar-refractivity contribution in [1.29, 1.82) is 0 Å². The summed E-state index contributed by atoms with van der Waals surface area (Å²) in [5.41, 5.74) is 0. The van der Waals surface area contributed by atoms with Gasteiger partial charge in [0.25, 0.3) is 0 Å². The van der Waals surface area contributed by atoms with Gasteiger partial charge in [0.05, 0.1) is 6.04 Å². The molecule has 2 N–H and O–H groups in total. The first kappa shape index (κ1) is 11.9. The zero-order valence-corrected chi connectivity index (χ0v) is 9.98. The van der Waals surface area contributed by atoms with Gasteiger partial charge in [-0.3, -0.25) is 9.69 Å². The average molecular weight is 226 g/mol. The molecule has 1 amide bonds. The average Bonchev–Trinajstić information content (AvgIpc) is 2.68. The maximum Gasteiger partial charge on any atom is 0.237 e. The van der Waals surface area contributed by atoms with Crippen LogP contribution in [0.1, 0.15) is 32.6 Å². The number of amides is 1. The third-order valence-electron chi connectivity index (χ3n) is 3.87. The molecule has 2 rings (SSSR count). The minimum atomic E-state index is -0.0385. The molecule has 4 nitrogen and oxygen atoms in total. The predicted molar refractivity (Wildman–Crippen MR) is 62.0 cm³/mol. The van der Waals surface area contributed by atoms with E-state index in [1.807, 2.05) is 6.92 Å². The maximum absolute atomic E-state index is 11.9. The van der Waals surface area contributed by atoms with Crippen LogP contribution in [0.4, 0.5) is 0 Å². The number of aliphatic hydroxyl groups is 1. The van der Waals surface area contributed by atoms with Crippen molar-refractivity contribution < 1.29 is 9.90 Å². The highest BCUT2D eigenvalue weighted by Crippen LogP contribution is 2.20. The second-order valence-corrected chi connectivity index (χ2v) is 5.17. The lowest BCUT2D eigenvalue weighted by Crippen LogP contribution is -2.57. The number of aliphatic hydroxyl groups excluding tert-OH is 1. The standard InChI is InChI=1S/C12H22N2O2/c1-9(14-6-10(7-14)8-15)12(16)13-11-4-2-3-5-11/h9-11,15H,2-8H2,1H3,(H,13,16). The Hall–Kier alpha value is -0.610. The molecule has 1 saturated carbocycles. The van der Waals surface area contributed by atoms with E-state index in [0.29, 0.717) is 12.0 Å². The van der Waals surface area contributed by atoms with Gasteiger partial charge in [-0.2, -0.15) is 0 Å². The second kappa shape index (κ2) is 5.15. The molecule has 1 aliphatic heterocycles. The molecule has 0 spiro atoms. The van der Waals surface area contributed by atoms with E-state index >= 15 is 0 Å². The Morgan fingerprint density at radius 1 is 1.44 bits per heavy atom. The van der Waals surface area contributed by atoms with Crippen molar-refractivity contribution in [2.24, 2.45) is 5.92 Å². The lowest BCUT2D eigenvalue weighted by Gasteiger charge is -2.41. The SMILES string of the molecule is CC(C(=O)NC1CCCC1)N1CC(CO)C1. The van der Waals surface area contributed by atoms with Gasteiger partial charge in [-0.25, -0.2) is 0 Å². The Morgan fingerprint density at radius 2 is 2.06 bits per heavy atom. The molecule has 1 heterocycles. The number of nitrogens with one attached hydrogen (secondary N) is 1. The summed E-state index contributed by atoms with van der Waals surface area (Å²) in [4.78, 5) is 14.0. The summed E-state index contributed by atoms with van der Waals surface area (Å²) in [6.07, 6.45) is 4.76. The molecule has 2 fully saturated rings. The molecule has 0 radical (unpaired) electrons. The van der Waals surface area contributed by atoms with Crippen molar-refractivity contribution in [2.45, 2.75) is 44.7 Å². The molecule has 4 heteroatoms. The van der Waals surface area contributed by atoms with E-state index in [4.69, 9.17) is 5.11 Å². The van der Waals surface area contributed by atoms with Crippen molar-refractivity contribution in [3.63, 3.8) is 0 Å². The van der Waals surface area contributed by atoms with Crippen LogP contribution in [0.15, 0.2) is 0 Å². The summed E-state index contributed by atoms with van der Waals surface area (Å²) < 4.78 is 0. The quantitative estimate of drug-likeness (QED) is 0.727. The van der Waals surface area contributed by atoms with E-state index in [9.17, 15) is 4.79 Å². The summed E-state index contributed by atoms with van der Waals surface area (Å²) in [6, 6.07) is 0.369. The Labute approximate surface area is 97.0 Å². The van der Waals surface area contributed by atoms with Gasteiger partial charge in [0.2, 0.25) is 5.91 Å². The zero-order valence-electron chi connectivity index (χ0n) is 9.98. The van der Waals surface area contributed by atoms with Gasteiger partial charge in [-0.15, -0.1) is 0 Å². The molecule has 1 unspecified atom stereocenters. The molecule has 1 aliphatic carbocycles. The summed E-state index contributed by atoms with van der Waals surface area (Å²) in [5, 5.41) is 12.0. The van der Waals surface area contributed by atoms with Crippen LogP contribution in [0.2, 0.25) is 0 Å². The molecule has 0 bridgehead atoms. The zero-order chi connectivity index (χ0) is 11.5. The van der Waals surface area contributed by atoms with Gasteiger partial charge >= 0.3 is 0 Å². The molecule has 16 heavy (non-hydrogen) atoms. The van der Waals surface area contributed by atoms with Crippen LogP contribution < -0.4 is 5.32 Å². The van der Waals surface area contributed by atoms with Crippen LogP contribution in [-0.2, 0) is 4.79 Å². The molecule has 1 atom stereocenters. The normalized spacial score (nSPS) is 25.4. The summed E-state index contributed by atoms with van der Waals surface area (Å²) in [7, 11) is 0. The topological polar surface area (TPSA) is 52.6 Å². The smallest absolute Gasteiger partial charge is 0.237 e. The van der Waals surface area contributed by atoms with Crippen molar-refractivity contribution in [3.05, 3.63) is 0 Å². The molecule has 0 aromatic heterocycles. The first-order valence-electron chi connectivity index (χ1n) is 6.36. The van der Waals surface area contributed by atoms with E-state index in [-0.39, 0.29) is 18.6 Å². The Bertz CT molecular complexity index is 245. The number of carbonyl (C=O) groups is 1. The predicted octanol–water partition coefficient (Wildman–Crippen LogP) is 0.358. The summed E-state index contributed by atoms with van der Waals surface area (Å²) in [5.74, 6) is 0.532. The largest absolute Gasteiger partial charge is 0.396 e. The highest BCUT2D eigenvalue weighted by atomic mass is 16.3. The van der Waals surface area contributed by atoms with Crippen molar-refractivity contribution >= 4 is 5.91 Å². The van der Waals surface area contributed by atoms with Gasteiger partial charge in [-0.1, -0.05) is 12.8 Å². The molecule has 0 aromatic carbocycles. The number of hydrogen-bond donors (Lipinski definition) is 2. The minimum absolute atomic E-state index is 0.0385. The second-order valence-electron chi connectivity index (χ2n) is 5.17. The minimum Gasteiger partial charge on any atom is -0.396 e. The van der Waals surface area contributed by atoms with Crippen LogP contribution in [0.5, 0.6) is 0 Å². The van der Waals surface area contributed by atoms with Gasteiger partial charge in [-0.05, 0) is 19.8 Å². The van der Waals surface area contributed by atoms with Crippen LogP contribution in [0, 0.1) is 5.92 Å². The number of rotatable bonds is 4. The fourth-order valence-corrected chi connectivity index (χ4v) is 2.60. The molecule has 1 saturated heterocycles. The molecule has 2 aliphatic rings. The monoisotopic (exact) mass is 226 g/mol. The van der Waals surface area contributed by atoms with E-state index < -0.39 is 0 Å². The van der Waals surface area contributed by atoms with Crippen LogP contribution in [-0.4, -0.2) is 47.7 Å². The van der Waals surface area contributed by atoms with E-state index in [2.05, 4.69) is 10.2 Å².